The van der Waals surface area contributed by atoms with Crippen molar-refractivity contribution in [3.8, 4) is 0 Å². The van der Waals surface area contributed by atoms with Gasteiger partial charge >= 0.3 is 0 Å². The first-order valence-corrected chi connectivity index (χ1v) is 8.55. The zero-order valence-corrected chi connectivity index (χ0v) is 14.3. The van der Waals surface area contributed by atoms with Gasteiger partial charge in [-0.1, -0.05) is 31.2 Å². The Hall–Kier alpha value is -1.88. The molecule has 116 valence electrons. The van der Waals surface area contributed by atoms with E-state index in [0.29, 0.717) is 10.7 Å². The molecule has 0 aliphatic heterocycles. The van der Waals surface area contributed by atoms with Gasteiger partial charge in [0.15, 0.2) is 5.16 Å². The summed E-state index contributed by atoms with van der Waals surface area (Å²) < 4.78 is 0. The number of nitrogens with one attached hydrogen (secondary N) is 1. The van der Waals surface area contributed by atoms with Gasteiger partial charge in [0.05, 0.1) is 11.3 Å². The van der Waals surface area contributed by atoms with Crippen molar-refractivity contribution in [2.75, 3.05) is 11.6 Å². The molecule has 1 N–H and O–H groups in total. The number of rotatable bonds is 5. The molecule has 0 atom stereocenters. The van der Waals surface area contributed by atoms with E-state index in [0.717, 1.165) is 35.3 Å². The third-order valence-electron chi connectivity index (χ3n) is 3.24. The molecule has 22 heavy (non-hydrogen) atoms. The van der Waals surface area contributed by atoms with Crippen LogP contribution in [0.2, 0.25) is 0 Å². The minimum atomic E-state index is -0.152. The Morgan fingerprint density at radius 2 is 1.91 bits per heavy atom. The first kappa shape index (κ1) is 16.5. The highest BCUT2D eigenvalue weighted by Crippen LogP contribution is 2.18. The molecule has 2 rings (SSSR count). The highest BCUT2D eigenvalue weighted by molar-refractivity contribution is 7.98. The maximum absolute atomic E-state index is 12.5. The van der Waals surface area contributed by atoms with Crippen molar-refractivity contribution >= 4 is 23.4 Å². The number of hydrogen-bond donors (Lipinski definition) is 1. The van der Waals surface area contributed by atoms with Gasteiger partial charge in [-0.2, -0.15) is 0 Å². The number of carbonyl (C=O) groups is 1. The van der Waals surface area contributed by atoms with Crippen LogP contribution in [0.25, 0.3) is 0 Å². The summed E-state index contributed by atoms with van der Waals surface area (Å²) in [6.45, 7) is 6.11. The fraction of sp³-hybridized carbons (Fsp3) is 0.353. The van der Waals surface area contributed by atoms with Gasteiger partial charge in [-0.3, -0.25) is 4.79 Å². The third kappa shape index (κ3) is 4.07. The SMILES string of the molecule is CCCc1nc(SC)ncc1C(=O)Nc1cc(C)cc(C)c1. The summed E-state index contributed by atoms with van der Waals surface area (Å²) in [4.78, 5) is 21.2. The van der Waals surface area contributed by atoms with Crippen LogP contribution in [-0.4, -0.2) is 22.1 Å². The summed E-state index contributed by atoms with van der Waals surface area (Å²) in [5.41, 5.74) is 4.41. The number of nitrogens with zero attached hydrogens (tertiary/aromatic N) is 2. The second-order valence-corrected chi connectivity index (χ2v) is 6.07. The number of aromatic nitrogens is 2. The lowest BCUT2D eigenvalue weighted by Gasteiger charge is -2.11. The van der Waals surface area contributed by atoms with E-state index in [4.69, 9.17) is 0 Å². The number of thioether (sulfide) groups is 1. The molecule has 1 aromatic carbocycles. The van der Waals surface area contributed by atoms with E-state index in [2.05, 4.69) is 28.3 Å². The molecule has 0 spiro atoms. The van der Waals surface area contributed by atoms with Crippen molar-refractivity contribution < 1.29 is 4.79 Å². The van der Waals surface area contributed by atoms with Crippen LogP contribution < -0.4 is 5.32 Å². The maximum atomic E-state index is 12.5. The number of anilines is 1. The third-order valence-corrected chi connectivity index (χ3v) is 3.80. The second-order valence-electron chi connectivity index (χ2n) is 5.30. The van der Waals surface area contributed by atoms with Gasteiger partial charge in [-0.25, -0.2) is 9.97 Å². The van der Waals surface area contributed by atoms with Crippen LogP contribution in [0.3, 0.4) is 0 Å². The number of benzene rings is 1. The predicted molar refractivity (Wildman–Crippen MR) is 91.7 cm³/mol. The molecule has 0 radical (unpaired) electrons. The van der Waals surface area contributed by atoms with Crippen molar-refractivity contribution in [3.05, 3.63) is 46.8 Å². The predicted octanol–water partition coefficient (Wildman–Crippen LogP) is 4.02. The van der Waals surface area contributed by atoms with Gasteiger partial charge in [0, 0.05) is 11.9 Å². The first-order chi connectivity index (χ1) is 10.5. The molecule has 2 aromatic rings. The molecule has 0 saturated heterocycles. The number of amides is 1. The van der Waals surface area contributed by atoms with E-state index >= 15 is 0 Å². The van der Waals surface area contributed by atoms with Gasteiger partial charge < -0.3 is 5.32 Å². The van der Waals surface area contributed by atoms with E-state index in [-0.39, 0.29) is 5.91 Å². The van der Waals surface area contributed by atoms with Gasteiger partial charge in [-0.05, 0) is 49.8 Å². The van der Waals surface area contributed by atoms with E-state index in [9.17, 15) is 4.79 Å². The Morgan fingerprint density at radius 3 is 2.50 bits per heavy atom. The van der Waals surface area contributed by atoms with Crippen LogP contribution in [0.1, 0.15) is 40.5 Å². The molecule has 0 bridgehead atoms. The van der Waals surface area contributed by atoms with Crippen LogP contribution in [-0.2, 0) is 6.42 Å². The fourth-order valence-corrected chi connectivity index (χ4v) is 2.72. The molecule has 0 aliphatic carbocycles. The lowest BCUT2D eigenvalue weighted by atomic mass is 10.1. The minimum absolute atomic E-state index is 0.152. The molecular weight excluding hydrogens is 294 g/mol. The average Bonchev–Trinajstić information content (AvgIpc) is 2.46. The van der Waals surface area contributed by atoms with Gasteiger partial charge in [-0.15, -0.1) is 0 Å². The summed E-state index contributed by atoms with van der Waals surface area (Å²) in [6, 6.07) is 6.00. The van der Waals surface area contributed by atoms with Crippen LogP contribution in [0.15, 0.2) is 29.6 Å². The number of aryl methyl sites for hydroxylation is 3. The molecule has 5 heteroatoms. The molecule has 0 aliphatic rings. The normalized spacial score (nSPS) is 10.5. The molecule has 1 amide bonds. The standard InChI is InChI=1S/C17H21N3OS/c1-5-6-15-14(10-18-17(20-15)22-4)16(21)19-13-8-11(2)7-12(3)9-13/h7-10H,5-6H2,1-4H3,(H,19,21). The molecule has 1 aromatic heterocycles. The largest absolute Gasteiger partial charge is 0.322 e. The van der Waals surface area contributed by atoms with Crippen molar-refractivity contribution in [3.63, 3.8) is 0 Å². The van der Waals surface area contributed by atoms with E-state index in [1.165, 1.54) is 11.8 Å². The van der Waals surface area contributed by atoms with E-state index < -0.39 is 0 Å². The van der Waals surface area contributed by atoms with Crippen molar-refractivity contribution in [2.45, 2.75) is 38.8 Å². The molecule has 0 fully saturated rings. The highest BCUT2D eigenvalue weighted by atomic mass is 32.2. The van der Waals surface area contributed by atoms with Gasteiger partial charge in [0.2, 0.25) is 0 Å². The smallest absolute Gasteiger partial charge is 0.259 e. The second kappa shape index (κ2) is 7.40. The Kier molecular flexibility index (Phi) is 5.55. The fourth-order valence-electron chi connectivity index (χ4n) is 2.36. The monoisotopic (exact) mass is 315 g/mol. The maximum Gasteiger partial charge on any atom is 0.259 e. The summed E-state index contributed by atoms with van der Waals surface area (Å²) in [6.07, 6.45) is 5.27. The van der Waals surface area contributed by atoms with Crippen molar-refractivity contribution in [1.82, 2.24) is 9.97 Å². The van der Waals surface area contributed by atoms with Crippen molar-refractivity contribution in [1.29, 1.82) is 0 Å². The first-order valence-electron chi connectivity index (χ1n) is 7.33. The number of carbonyl (C=O) groups excluding carboxylic acids is 1. The zero-order valence-electron chi connectivity index (χ0n) is 13.4. The summed E-state index contributed by atoms with van der Waals surface area (Å²) in [5, 5.41) is 3.65. The quantitative estimate of drug-likeness (QED) is 0.669. The Bertz CT molecular complexity index is 665. The Morgan fingerprint density at radius 1 is 1.23 bits per heavy atom. The molecule has 1 heterocycles. The zero-order chi connectivity index (χ0) is 16.1. The van der Waals surface area contributed by atoms with Crippen LogP contribution >= 0.6 is 11.8 Å². The lowest BCUT2D eigenvalue weighted by molar-refractivity contribution is 0.102. The topological polar surface area (TPSA) is 54.9 Å². The average molecular weight is 315 g/mol. The van der Waals surface area contributed by atoms with Crippen molar-refractivity contribution in [2.24, 2.45) is 0 Å². The lowest BCUT2D eigenvalue weighted by Crippen LogP contribution is -2.16. The summed E-state index contributed by atoms with van der Waals surface area (Å²) >= 11 is 1.48. The molecular formula is C17H21N3OS. The van der Waals surface area contributed by atoms with E-state index in [1.54, 1.807) is 6.20 Å². The van der Waals surface area contributed by atoms with Crippen LogP contribution in [0.5, 0.6) is 0 Å². The summed E-state index contributed by atoms with van der Waals surface area (Å²) in [7, 11) is 0. The van der Waals surface area contributed by atoms with E-state index in [1.807, 2.05) is 32.2 Å². The number of hydrogen-bond acceptors (Lipinski definition) is 4. The molecule has 4 nitrogen and oxygen atoms in total. The Labute approximate surface area is 135 Å². The van der Waals surface area contributed by atoms with Gasteiger partial charge in [0.1, 0.15) is 0 Å². The van der Waals surface area contributed by atoms with Gasteiger partial charge in [0.25, 0.3) is 5.91 Å². The minimum Gasteiger partial charge on any atom is -0.322 e. The summed E-state index contributed by atoms with van der Waals surface area (Å²) in [5.74, 6) is -0.152. The molecule has 0 unspecified atom stereocenters. The van der Waals surface area contributed by atoms with Crippen LogP contribution in [0.4, 0.5) is 5.69 Å². The Balaban J connectivity index is 2.28. The molecule has 0 saturated carbocycles. The van der Waals surface area contributed by atoms with Crippen LogP contribution in [0, 0.1) is 13.8 Å². The highest BCUT2D eigenvalue weighted by Gasteiger charge is 2.14.